The van der Waals surface area contributed by atoms with Crippen LogP contribution < -0.4 is 19.9 Å². The maximum absolute atomic E-state index is 12.7. The molecule has 3 heterocycles. The van der Waals surface area contributed by atoms with Crippen molar-refractivity contribution in [2.24, 2.45) is 5.92 Å². The number of fused-ring (bicyclic) bond motifs is 1. The molecule has 164 valence electrons. The number of rotatable bonds is 6. The third kappa shape index (κ3) is 4.86. The lowest BCUT2D eigenvalue weighted by Crippen LogP contribution is -2.39. The Labute approximate surface area is 183 Å². The van der Waals surface area contributed by atoms with Crippen LogP contribution in [-0.2, 0) is 19.5 Å². The molecule has 7 heteroatoms. The van der Waals surface area contributed by atoms with E-state index in [1.807, 2.05) is 18.2 Å². The van der Waals surface area contributed by atoms with Crippen LogP contribution in [0.15, 0.2) is 23.0 Å². The number of H-pyrrole nitrogens is 1. The Morgan fingerprint density at radius 2 is 2.06 bits per heavy atom. The zero-order valence-corrected chi connectivity index (χ0v) is 18.3. The normalized spacial score (nSPS) is 17.1. The number of hydrogen-bond donors (Lipinski definition) is 1. The van der Waals surface area contributed by atoms with Crippen molar-refractivity contribution >= 4 is 5.95 Å². The summed E-state index contributed by atoms with van der Waals surface area (Å²) in [4.78, 5) is 25.1. The lowest BCUT2D eigenvalue weighted by Gasteiger charge is -2.32. The van der Waals surface area contributed by atoms with Crippen molar-refractivity contribution in [1.29, 1.82) is 0 Å². The molecule has 1 aromatic heterocycles. The molecule has 0 bridgehead atoms. The Balaban J connectivity index is 1.48. The molecule has 7 nitrogen and oxygen atoms in total. The lowest BCUT2D eigenvalue weighted by molar-refractivity contribution is 0.240. The summed E-state index contributed by atoms with van der Waals surface area (Å²) in [6, 6.07) is 5.89. The number of anilines is 1. The predicted octanol–water partition coefficient (Wildman–Crippen LogP) is 2.59. The highest BCUT2D eigenvalue weighted by molar-refractivity contribution is 5.43. The van der Waals surface area contributed by atoms with Crippen molar-refractivity contribution in [2.75, 3.05) is 38.3 Å². The maximum atomic E-state index is 12.7. The molecule has 0 aliphatic carbocycles. The van der Waals surface area contributed by atoms with Crippen LogP contribution in [-0.4, -0.2) is 48.2 Å². The predicted molar refractivity (Wildman–Crippen MR) is 121 cm³/mol. The number of aromatic amines is 1. The Bertz CT molecular complexity index is 1020. The summed E-state index contributed by atoms with van der Waals surface area (Å²) in [5.41, 5.74) is 2.84. The molecule has 1 aromatic carbocycles. The molecule has 0 unspecified atom stereocenters. The van der Waals surface area contributed by atoms with E-state index in [0.717, 1.165) is 61.8 Å². The molecule has 1 saturated heterocycles. The topological polar surface area (TPSA) is 70.7 Å². The molecule has 0 spiro atoms. The van der Waals surface area contributed by atoms with Crippen LogP contribution in [0, 0.1) is 18.3 Å². The summed E-state index contributed by atoms with van der Waals surface area (Å²) in [5.74, 6) is 5.23. The first-order valence-corrected chi connectivity index (χ1v) is 10.9. The summed E-state index contributed by atoms with van der Waals surface area (Å²) in [7, 11) is 1.62. The Morgan fingerprint density at radius 3 is 2.81 bits per heavy atom. The minimum absolute atomic E-state index is 0.00922. The molecule has 1 fully saturated rings. The molecule has 0 amide bonds. The Hall–Kier alpha value is -2.98. The van der Waals surface area contributed by atoms with Crippen molar-refractivity contribution < 1.29 is 9.47 Å². The fourth-order valence-electron chi connectivity index (χ4n) is 4.29. The van der Waals surface area contributed by atoms with Gasteiger partial charge in [-0.15, -0.1) is 6.42 Å². The molecule has 1 N–H and O–H groups in total. The quantitative estimate of drug-likeness (QED) is 0.722. The number of nitrogens with one attached hydrogen (secondary N) is 1. The lowest BCUT2D eigenvalue weighted by atomic mass is 9.99. The van der Waals surface area contributed by atoms with Crippen molar-refractivity contribution in [1.82, 2.24) is 14.9 Å². The van der Waals surface area contributed by atoms with E-state index in [9.17, 15) is 4.79 Å². The summed E-state index contributed by atoms with van der Waals surface area (Å²) < 4.78 is 11.0. The van der Waals surface area contributed by atoms with Gasteiger partial charge in [0, 0.05) is 38.3 Å². The van der Waals surface area contributed by atoms with Gasteiger partial charge in [-0.05, 0) is 42.9 Å². The van der Waals surface area contributed by atoms with Gasteiger partial charge in [0.2, 0.25) is 5.95 Å². The molecule has 0 radical (unpaired) electrons. The molecular formula is C24H30N4O3. The van der Waals surface area contributed by atoms with Crippen LogP contribution in [0.2, 0.25) is 0 Å². The van der Waals surface area contributed by atoms with Crippen LogP contribution >= 0.6 is 0 Å². The largest absolute Gasteiger partial charge is 0.493 e. The second kappa shape index (κ2) is 9.44. The van der Waals surface area contributed by atoms with E-state index in [1.54, 1.807) is 7.11 Å². The van der Waals surface area contributed by atoms with Crippen molar-refractivity contribution in [3.8, 4) is 23.8 Å². The fourth-order valence-corrected chi connectivity index (χ4v) is 4.29. The van der Waals surface area contributed by atoms with Gasteiger partial charge in [0.05, 0.1) is 12.8 Å². The third-order valence-electron chi connectivity index (χ3n) is 6.17. The Kier molecular flexibility index (Phi) is 6.47. The number of aromatic nitrogens is 2. The van der Waals surface area contributed by atoms with Gasteiger partial charge in [0.25, 0.3) is 5.56 Å². The number of terminal acetylenes is 1. The third-order valence-corrected chi connectivity index (χ3v) is 6.17. The molecule has 31 heavy (non-hydrogen) atoms. The molecule has 4 rings (SSSR count). The highest BCUT2D eigenvalue weighted by atomic mass is 16.5. The second-order valence-corrected chi connectivity index (χ2v) is 8.42. The maximum Gasteiger partial charge on any atom is 0.255 e. The van der Waals surface area contributed by atoms with E-state index in [4.69, 9.17) is 20.9 Å². The van der Waals surface area contributed by atoms with E-state index in [1.165, 1.54) is 0 Å². The van der Waals surface area contributed by atoms with Gasteiger partial charge in [-0.25, -0.2) is 4.98 Å². The van der Waals surface area contributed by atoms with E-state index < -0.39 is 0 Å². The molecular weight excluding hydrogens is 392 g/mol. The van der Waals surface area contributed by atoms with E-state index in [2.05, 4.69) is 27.6 Å². The van der Waals surface area contributed by atoms with Gasteiger partial charge >= 0.3 is 0 Å². The second-order valence-electron chi connectivity index (χ2n) is 8.42. The van der Waals surface area contributed by atoms with Crippen molar-refractivity contribution in [3.05, 3.63) is 45.4 Å². The number of hydrogen-bond acceptors (Lipinski definition) is 6. The van der Waals surface area contributed by atoms with Crippen LogP contribution in [0.3, 0.4) is 0 Å². The molecule has 2 aliphatic rings. The summed E-state index contributed by atoms with van der Waals surface area (Å²) >= 11 is 0. The minimum atomic E-state index is 0.00922. The van der Waals surface area contributed by atoms with Crippen LogP contribution in [0.25, 0.3) is 0 Å². The number of nitrogens with zero attached hydrogens (tertiary/aromatic N) is 3. The standard InChI is InChI=1S/C24H30N4O3/c1-4-13-31-21-6-5-18(14-22(21)30-3)15-27-10-9-19-20(16-27)25-24(26-23(19)29)28-11-7-17(2)8-12-28/h1,5-6,14,17H,7-13,15-16H2,2-3H3,(H,25,26,29). The number of ether oxygens (including phenoxy) is 2. The van der Waals surface area contributed by atoms with E-state index in [-0.39, 0.29) is 12.2 Å². The molecule has 0 saturated carbocycles. The van der Waals surface area contributed by atoms with Gasteiger partial charge in [0.1, 0.15) is 6.61 Å². The fraction of sp³-hybridized carbons (Fsp3) is 0.500. The summed E-state index contributed by atoms with van der Waals surface area (Å²) in [5, 5.41) is 0. The first kappa shape index (κ1) is 21.3. The van der Waals surface area contributed by atoms with Gasteiger partial charge in [-0.1, -0.05) is 18.9 Å². The van der Waals surface area contributed by atoms with Gasteiger partial charge < -0.3 is 14.4 Å². The first-order valence-electron chi connectivity index (χ1n) is 10.9. The van der Waals surface area contributed by atoms with Crippen molar-refractivity contribution in [3.63, 3.8) is 0 Å². The van der Waals surface area contributed by atoms with Gasteiger partial charge in [0.15, 0.2) is 11.5 Å². The number of piperidine rings is 1. The monoisotopic (exact) mass is 422 g/mol. The zero-order chi connectivity index (χ0) is 21.8. The van der Waals surface area contributed by atoms with Gasteiger partial charge in [-0.3, -0.25) is 14.7 Å². The number of benzene rings is 1. The minimum Gasteiger partial charge on any atom is -0.493 e. The van der Waals surface area contributed by atoms with Gasteiger partial charge in [-0.2, -0.15) is 0 Å². The van der Waals surface area contributed by atoms with Crippen molar-refractivity contribution in [2.45, 2.75) is 39.3 Å². The molecule has 2 aliphatic heterocycles. The van der Waals surface area contributed by atoms with Crippen LogP contribution in [0.4, 0.5) is 5.95 Å². The van der Waals surface area contributed by atoms with Crippen LogP contribution in [0.5, 0.6) is 11.5 Å². The summed E-state index contributed by atoms with van der Waals surface area (Å²) in [6.45, 7) is 6.60. The van der Waals surface area contributed by atoms with E-state index in [0.29, 0.717) is 30.4 Å². The van der Waals surface area contributed by atoms with E-state index >= 15 is 0 Å². The smallest absolute Gasteiger partial charge is 0.255 e. The van der Waals surface area contributed by atoms with Crippen LogP contribution in [0.1, 0.15) is 36.6 Å². The first-order chi connectivity index (χ1) is 15.1. The highest BCUT2D eigenvalue weighted by Gasteiger charge is 2.24. The highest BCUT2D eigenvalue weighted by Crippen LogP contribution is 2.29. The Morgan fingerprint density at radius 1 is 1.26 bits per heavy atom. The molecule has 2 aromatic rings. The average Bonchev–Trinajstić information content (AvgIpc) is 2.78. The number of methoxy groups -OCH3 is 1. The zero-order valence-electron chi connectivity index (χ0n) is 18.3. The average molecular weight is 423 g/mol. The molecule has 0 atom stereocenters. The summed E-state index contributed by atoms with van der Waals surface area (Å²) in [6.07, 6.45) is 8.25. The SMILES string of the molecule is C#CCOc1ccc(CN2CCc3c(nc(N4CCC(C)CC4)[nH]c3=O)C2)cc1OC.